The summed E-state index contributed by atoms with van der Waals surface area (Å²) in [5.74, 6) is 1.02. The minimum atomic E-state index is -0.972. The predicted octanol–water partition coefficient (Wildman–Crippen LogP) is 3.72. The molecule has 0 spiro atoms. The molecule has 1 atom stereocenters. The monoisotopic (exact) mass is 443 g/mol. The number of aryl methyl sites for hydroxylation is 1. The lowest BCUT2D eigenvalue weighted by Crippen LogP contribution is -2.43. The zero-order valence-corrected chi connectivity index (χ0v) is 19.2. The summed E-state index contributed by atoms with van der Waals surface area (Å²) in [5, 5.41) is 12.2. The molecule has 31 heavy (non-hydrogen) atoms. The van der Waals surface area contributed by atoms with Gasteiger partial charge < -0.3 is 14.7 Å². The number of thiazole rings is 1. The minimum Gasteiger partial charge on any atom is -0.488 e. The fraction of sp³-hybridized carbons (Fsp3) is 0.583. The van der Waals surface area contributed by atoms with Gasteiger partial charge in [-0.1, -0.05) is 24.6 Å². The number of hydrogen-bond donors (Lipinski definition) is 1. The van der Waals surface area contributed by atoms with Crippen molar-refractivity contribution >= 4 is 17.2 Å². The van der Waals surface area contributed by atoms with E-state index in [0.717, 1.165) is 40.8 Å². The number of rotatable bonds is 6. The first kappa shape index (κ1) is 22.2. The Labute approximate surface area is 188 Å². The van der Waals surface area contributed by atoms with Gasteiger partial charge >= 0.3 is 0 Å². The van der Waals surface area contributed by atoms with Gasteiger partial charge in [0, 0.05) is 19.5 Å². The van der Waals surface area contributed by atoms with E-state index >= 15 is 0 Å². The van der Waals surface area contributed by atoms with Crippen molar-refractivity contribution in [2.24, 2.45) is 0 Å². The number of aliphatic hydroxyl groups is 1. The highest BCUT2D eigenvalue weighted by Crippen LogP contribution is 2.37. The van der Waals surface area contributed by atoms with Crippen molar-refractivity contribution < 1.29 is 14.6 Å². The van der Waals surface area contributed by atoms with Gasteiger partial charge in [-0.2, -0.15) is 0 Å². The van der Waals surface area contributed by atoms with Gasteiger partial charge in [0.1, 0.15) is 23.0 Å². The molecule has 0 saturated carbocycles. The number of amides is 1. The molecule has 3 heterocycles. The van der Waals surface area contributed by atoms with Crippen molar-refractivity contribution in [3.63, 3.8) is 0 Å². The van der Waals surface area contributed by atoms with E-state index in [1.165, 1.54) is 30.6 Å². The SMILES string of the molecule is Cc1nc([C@@]2(O)CCCN(C(=O)CN3CCCCC3)CC2)sc1COc1ccccc1. The van der Waals surface area contributed by atoms with E-state index < -0.39 is 5.60 Å². The van der Waals surface area contributed by atoms with Gasteiger partial charge in [0.15, 0.2) is 0 Å². The number of nitrogens with zero attached hydrogens (tertiary/aromatic N) is 3. The van der Waals surface area contributed by atoms with Crippen molar-refractivity contribution in [2.75, 3.05) is 32.7 Å². The zero-order chi connectivity index (χ0) is 21.7. The molecule has 2 aromatic rings. The summed E-state index contributed by atoms with van der Waals surface area (Å²) in [5.41, 5.74) is -0.0627. The molecule has 4 rings (SSSR count). The molecule has 6 nitrogen and oxygen atoms in total. The highest BCUT2D eigenvalue weighted by Gasteiger charge is 2.36. The van der Waals surface area contributed by atoms with E-state index in [0.29, 0.717) is 39.1 Å². The standard InChI is InChI=1S/C24H33N3O3S/c1-19-21(18-30-20-9-4-2-5-10-20)31-23(25-19)24(29)11-8-15-27(16-12-24)22(28)17-26-13-6-3-7-14-26/h2,4-5,9-10,29H,3,6-8,11-18H2,1H3/t24-/m1/s1. The van der Waals surface area contributed by atoms with Gasteiger partial charge in [-0.25, -0.2) is 4.98 Å². The Hall–Kier alpha value is -1.96. The number of benzene rings is 1. The molecular weight excluding hydrogens is 410 g/mol. The molecule has 1 aromatic carbocycles. The Morgan fingerprint density at radius 3 is 2.65 bits per heavy atom. The first-order valence-corrected chi connectivity index (χ1v) is 12.2. The van der Waals surface area contributed by atoms with Crippen LogP contribution in [-0.2, 0) is 17.0 Å². The minimum absolute atomic E-state index is 0.193. The molecule has 2 aliphatic rings. The topological polar surface area (TPSA) is 65.9 Å². The molecule has 7 heteroatoms. The number of hydrogen-bond acceptors (Lipinski definition) is 6. The summed E-state index contributed by atoms with van der Waals surface area (Å²) in [7, 11) is 0. The number of ether oxygens (including phenoxy) is 1. The van der Waals surface area contributed by atoms with Crippen LogP contribution in [0.3, 0.4) is 0 Å². The Morgan fingerprint density at radius 2 is 1.87 bits per heavy atom. The third-order valence-corrected chi connectivity index (χ3v) is 7.70. The van der Waals surface area contributed by atoms with Gasteiger partial charge in [0.05, 0.1) is 17.1 Å². The first-order chi connectivity index (χ1) is 15.0. The van der Waals surface area contributed by atoms with Crippen LogP contribution in [0.4, 0.5) is 0 Å². The second-order valence-electron chi connectivity index (χ2n) is 8.73. The second kappa shape index (κ2) is 10.1. The van der Waals surface area contributed by atoms with Crippen LogP contribution in [0.5, 0.6) is 5.75 Å². The van der Waals surface area contributed by atoms with E-state index in [-0.39, 0.29) is 5.91 Å². The van der Waals surface area contributed by atoms with Crippen LogP contribution in [0.2, 0.25) is 0 Å². The molecule has 0 aliphatic carbocycles. The third-order valence-electron chi connectivity index (χ3n) is 6.38. The van der Waals surface area contributed by atoms with Gasteiger partial charge in [0.25, 0.3) is 0 Å². The van der Waals surface area contributed by atoms with Crippen LogP contribution in [0.25, 0.3) is 0 Å². The largest absolute Gasteiger partial charge is 0.488 e. The fourth-order valence-corrected chi connectivity index (χ4v) is 5.54. The molecule has 0 radical (unpaired) electrons. The maximum atomic E-state index is 12.8. The van der Waals surface area contributed by atoms with Crippen molar-refractivity contribution in [2.45, 2.75) is 57.7 Å². The molecule has 2 saturated heterocycles. The Balaban J connectivity index is 1.36. The summed E-state index contributed by atoms with van der Waals surface area (Å²) >= 11 is 1.53. The lowest BCUT2D eigenvalue weighted by Gasteiger charge is -2.29. The number of likely N-dealkylation sites (tertiary alicyclic amines) is 2. The van der Waals surface area contributed by atoms with E-state index in [4.69, 9.17) is 9.72 Å². The summed E-state index contributed by atoms with van der Waals surface area (Å²) < 4.78 is 5.88. The molecule has 1 N–H and O–H groups in total. The zero-order valence-electron chi connectivity index (χ0n) is 18.4. The smallest absolute Gasteiger partial charge is 0.236 e. The molecular formula is C24H33N3O3S. The molecule has 0 unspecified atom stereocenters. The van der Waals surface area contributed by atoms with Gasteiger partial charge in [-0.15, -0.1) is 11.3 Å². The molecule has 1 amide bonds. The van der Waals surface area contributed by atoms with E-state index in [1.807, 2.05) is 42.2 Å². The molecule has 2 fully saturated rings. The van der Waals surface area contributed by atoms with E-state index in [9.17, 15) is 9.90 Å². The maximum absolute atomic E-state index is 12.8. The molecule has 1 aromatic heterocycles. The van der Waals surface area contributed by atoms with Crippen molar-refractivity contribution in [1.29, 1.82) is 0 Å². The number of aromatic nitrogens is 1. The van der Waals surface area contributed by atoms with E-state index in [2.05, 4.69) is 4.90 Å². The van der Waals surface area contributed by atoms with Crippen LogP contribution in [0, 0.1) is 6.92 Å². The molecule has 168 valence electrons. The van der Waals surface area contributed by atoms with Crippen molar-refractivity contribution in [3.05, 3.63) is 45.9 Å². The van der Waals surface area contributed by atoms with Crippen LogP contribution in [0.1, 0.15) is 54.1 Å². The van der Waals surface area contributed by atoms with Gasteiger partial charge in [0.2, 0.25) is 5.91 Å². The van der Waals surface area contributed by atoms with Gasteiger partial charge in [-0.3, -0.25) is 9.69 Å². The number of carbonyl (C=O) groups is 1. The average Bonchev–Trinajstić information content (AvgIpc) is 3.04. The van der Waals surface area contributed by atoms with Crippen LogP contribution in [-0.4, -0.2) is 58.5 Å². The quantitative estimate of drug-likeness (QED) is 0.737. The normalized spacial score (nSPS) is 22.8. The lowest BCUT2D eigenvalue weighted by atomic mass is 9.96. The van der Waals surface area contributed by atoms with Crippen LogP contribution >= 0.6 is 11.3 Å². The molecule has 0 bridgehead atoms. The van der Waals surface area contributed by atoms with Crippen LogP contribution < -0.4 is 4.74 Å². The highest BCUT2D eigenvalue weighted by molar-refractivity contribution is 7.11. The number of piperidine rings is 1. The Bertz CT molecular complexity index is 866. The summed E-state index contributed by atoms with van der Waals surface area (Å²) in [6, 6.07) is 9.74. The first-order valence-electron chi connectivity index (χ1n) is 11.4. The lowest BCUT2D eigenvalue weighted by molar-refractivity contribution is -0.132. The second-order valence-corrected chi connectivity index (χ2v) is 9.82. The van der Waals surface area contributed by atoms with Gasteiger partial charge in [-0.05, 0) is 57.8 Å². The maximum Gasteiger partial charge on any atom is 0.236 e. The highest BCUT2D eigenvalue weighted by atomic mass is 32.1. The third kappa shape index (κ3) is 5.64. The fourth-order valence-electron chi connectivity index (χ4n) is 4.42. The van der Waals surface area contributed by atoms with E-state index in [1.54, 1.807) is 0 Å². The predicted molar refractivity (Wildman–Crippen MR) is 122 cm³/mol. The molecule has 2 aliphatic heterocycles. The van der Waals surface area contributed by atoms with Crippen molar-refractivity contribution in [1.82, 2.24) is 14.8 Å². The summed E-state index contributed by atoms with van der Waals surface area (Å²) in [4.78, 5) is 22.8. The summed E-state index contributed by atoms with van der Waals surface area (Å²) in [6.45, 7) is 6.27. The van der Waals surface area contributed by atoms with Crippen LogP contribution in [0.15, 0.2) is 30.3 Å². The summed E-state index contributed by atoms with van der Waals surface area (Å²) in [6.07, 6.45) is 5.60. The Morgan fingerprint density at radius 1 is 1.10 bits per heavy atom. The average molecular weight is 444 g/mol. The van der Waals surface area contributed by atoms with Crippen molar-refractivity contribution in [3.8, 4) is 5.75 Å². The number of carbonyl (C=O) groups excluding carboxylic acids is 1. The number of para-hydroxylation sites is 1. The Kier molecular flexibility index (Phi) is 7.25.